The highest BCUT2D eigenvalue weighted by Gasteiger charge is 2.17. The molecule has 5 nitrogen and oxygen atoms in total. The Hall–Kier alpha value is -2.86. The van der Waals surface area contributed by atoms with E-state index in [4.69, 9.17) is 9.15 Å². The molecule has 1 amide bonds. The zero-order valence-corrected chi connectivity index (χ0v) is 14.7. The van der Waals surface area contributed by atoms with Crippen molar-refractivity contribution >= 4 is 17.2 Å². The van der Waals surface area contributed by atoms with Crippen molar-refractivity contribution < 1.29 is 13.9 Å². The number of furan rings is 1. The molecule has 0 aliphatic carbocycles. The normalized spacial score (nSPS) is 10.4. The number of hydrogen-bond acceptors (Lipinski definition) is 5. The second-order valence-corrected chi connectivity index (χ2v) is 6.26. The van der Waals surface area contributed by atoms with Crippen LogP contribution in [0.15, 0.2) is 65.1 Å². The Morgan fingerprint density at radius 1 is 1.36 bits per heavy atom. The van der Waals surface area contributed by atoms with Gasteiger partial charge in [-0.3, -0.25) is 4.79 Å². The molecule has 0 unspecified atom stereocenters. The van der Waals surface area contributed by atoms with E-state index in [-0.39, 0.29) is 5.91 Å². The van der Waals surface area contributed by atoms with Gasteiger partial charge in [0.15, 0.2) is 0 Å². The van der Waals surface area contributed by atoms with E-state index in [0.29, 0.717) is 18.8 Å². The van der Waals surface area contributed by atoms with Gasteiger partial charge in [0.25, 0.3) is 5.91 Å². The van der Waals surface area contributed by atoms with Crippen molar-refractivity contribution in [2.45, 2.75) is 6.54 Å². The fourth-order valence-electron chi connectivity index (χ4n) is 2.26. The summed E-state index contributed by atoms with van der Waals surface area (Å²) in [6.07, 6.45) is 3.29. The Morgan fingerprint density at radius 3 is 2.84 bits per heavy atom. The molecule has 0 radical (unpaired) electrons. The third-order valence-electron chi connectivity index (χ3n) is 3.51. The zero-order chi connectivity index (χ0) is 17.6. The number of nitrogens with zero attached hydrogens (tertiary/aromatic N) is 2. The minimum atomic E-state index is -0.134. The van der Waals surface area contributed by atoms with Gasteiger partial charge in [0, 0.05) is 18.0 Å². The van der Waals surface area contributed by atoms with E-state index in [1.165, 1.54) is 11.3 Å². The molecule has 0 atom stereocenters. The number of carbonyl (C=O) groups is 1. The number of benzene rings is 1. The molecule has 2 heterocycles. The van der Waals surface area contributed by atoms with Crippen LogP contribution in [0.2, 0.25) is 0 Å². The molecule has 0 fully saturated rings. The minimum Gasteiger partial charge on any atom is -0.490 e. The highest BCUT2D eigenvalue weighted by atomic mass is 32.1. The summed E-state index contributed by atoms with van der Waals surface area (Å²) in [6, 6.07) is 11.3. The highest BCUT2D eigenvalue weighted by molar-refractivity contribution is 7.13. The molecule has 25 heavy (non-hydrogen) atoms. The Bertz CT molecular complexity index is 838. The van der Waals surface area contributed by atoms with E-state index >= 15 is 0 Å². The molecule has 0 saturated carbocycles. The van der Waals surface area contributed by atoms with E-state index in [9.17, 15) is 4.79 Å². The van der Waals surface area contributed by atoms with Crippen molar-refractivity contribution in [3.05, 3.63) is 72.2 Å². The third kappa shape index (κ3) is 4.16. The van der Waals surface area contributed by atoms with Gasteiger partial charge in [0.2, 0.25) is 0 Å². The monoisotopic (exact) mass is 354 g/mol. The van der Waals surface area contributed by atoms with Crippen LogP contribution in [-0.2, 0) is 6.54 Å². The van der Waals surface area contributed by atoms with E-state index in [2.05, 4.69) is 11.6 Å². The predicted molar refractivity (Wildman–Crippen MR) is 97.7 cm³/mol. The fourth-order valence-corrected chi connectivity index (χ4v) is 3.06. The molecule has 6 heteroatoms. The number of rotatable bonds is 7. The lowest BCUT2D eigenvalue weighted by atomic mass is 10.2. The fraction of sp³-hybridized carbons (Fsp3) is 0.158. The molecule has 2 aromatic heterocycles. The highest BCUT2D eigenvalue weighted by Crippen LogP contribution is 2.26. The lowest BCUT2D eigenvalue weighted by Gasteiger charge is -2.13. The number of aromatic nitrogens is 1. The number of thiazole rings is 1. The van der Waals surface area contributed by atoms with Gasteiger partial charge in [-0.25, -0.2) is 4.98 Å². The van der Waals surface area contributed by atoms with Crippen LogP contribution in [0.1, 0.15) is 16.2 Å². The summed E-state index contributed by atoms with van der Waals surface area (Å²) in [5.74, 6) is 1.38. The predicted octanol–water partition coefficient (Wildman–Crippen LogP) is 4.24. The zero-order valence-electron chi connectivity index (χ0n) is 13.8. The summed E-state index contributed by atoms with van der Waals surface area (Å²) in [4.78, 5) is 18.5. The van der Waals surface area contributed by atoms with Crippen molar-refractivity contribution in [3.63, 3.8) is 0 Å². The average Bonchev–Trinajstić information content (AvgIpc) is 3.31. The summed E-state index contributed by atoms with van der Waals surface area (Å²) in [7, 11) is 1.73. The molecular weight excluding hydrogens is 336 g/mol. The van der Waals surface area contributed by atoms with Crippen LogP contribution in [0, 0.1) is 0 Å². The standard InChI is InChI=1S/C19H18N2O3S/c1-3-10-23-15-8-6-14(7-9-15)18-20-17(13-25-18)19(22)21(2)12-16-5-4-11-24-16/h3-9,11,13H,1,10,12H2,2H3. The van der Waals surface area contributed by atoms with Crippen molar-refractivity contribution in [2.75, 3.05) is 13.7 Å². The number of amides is 1. The molecule has 0 aliphatic rings. The van der Waals surface area contributed by atoms with Gasteiger partial charge in [-0.05, 0) is 36.4 Å². The van der Waals surface area contributed by atoms with Crippen LogP contribution in [0.4, 0.5) is 0 Å². The van der Waals surface area contributed by atoms with E-state index in [1.54, 1.807) is 35.7 Å². The van der Waals surface area contributed by atoms with Gasteiger partial charge in [-0.15, -0.1) is 11.3 Å². The number of ether oxygens (including phenoxy) is 1. The van der Waals surface area contributed by atoms with E-state index in [0.717, 1.165) is 22.1 Å². The Kier molecular flexibility index (Phi) is 5.30. The smallest absolute Gasteiger partial charge is 0.273 e. The maximum Gasteiger partial charge on any atom is 0.273 e. The Morgan fingerprint density at radius 2 is 2.16 bits per heavy atom. The quantitative estimate of drug-likeness (QED) is 0.596. The molecule has 3 aromatic rings. The lowest BCUT2D eigenvalue weighted by molar-refractivity contribution is 0.0770. The van der Waals surface area contributed by atoms with Gasteiger partial charge in [0.1, 0.15) is 28.8 Å². The molecular formula is C19H18N2O3S. The SMILES string of the molecule is C=CCOc1ccc(-c2nc(C(=O)N(C)Cc3ccco3)cs2)cc1. The molecule has 128 valence electrons. The summed E-state index contributed by atoms with van der Waals surface area (Å²) in [5.41, 5.74) is 1.38. The van der Waals surface area contributed by atoms with Gasteiger partial charge in [0.05, 0.1) is 12.8 Å². The maximum absolute atomic E-state index is 12.5. The summed E-state index contributed by atoms with van der Waals surface area (Å²) in [5, 5.41) is 2.57. The Labute approximate surface area is 150 Å². The van der Waals surface area contributed by atoms with E-state index in [1.807, 2.05) is 30.3 Å². The molecule has 0 saturated heterocycles. The van der Waals surface area contributed by atoms with Gasteiger partial charge in [-0.2, -0.15) is 0 Å². The second kappa shape index (κ2) is 7.81. The molecule has 0 aliphatic heterocycles. The first-order valence-electron chi connectivity index (χ1n) is 7.75. The summed E-state index contributed by atoms with van der Waals surface area (Å²) in [6.45, 7) is 4.50. The first-order valence-corrected chi connectivity index (χ1v) is 8.63. The third-order valence-corrected chi connectivity index (χ3v) is 4.40. The first kappa shape index (κ1) is 17.0. The van der Waals surface area contributed by atoms with Crippen molar-refractivity contribution in [1.29, 1.82) is 0 Å². The molecule has 1 aromatic carbocycles. The van der Waals surface area contributed by atoms with Gasteiger partial charge >= 0.3 is 0 Å². The Balaban J connectivity index is 1.68. The second-order valence-electron chi connectivity index (χ2n) is 5.40. The maximum atomic E-state index is 12.5. The molecule has 0 spiro atoms. The summed E-state index contributed by atoms with van der Waals surface area (Å²) >= 11 is 1.44. The average molecular weight is 354 g/mol. The number of hydrogen-bond donors (Lipinski definition) is 0. The van der Waals surface area contributed by atoms with Crippen molar-refractivity contribution in [3.8, 4) is 16.3 Å². The van der Waals surface area contributed by atoms with Crippen LogP contribution >= 0.6 is 11.3 Å². The lowest BCUT2D eigenvalue weighted by Crippen LogP contribution is -2.26. The van der Waals surface area contributed by atoms with Crippen LogP contribution < -0.4 is 4.74 Å². The molecule has 0 bridgehead atoms. The largest absolute Gasteiger partial charge is 0.490 e. The van der Waals surface area contributed by atoms with Crippen molar-refractivity contribution in [2.24, 2.45) is 0 Å². The summed E-state index contributed by atoms with van der Waals surface area (Å²) < 4.78 is 10.7. The van der Waals surface area contributed by atoms with Crippen LogP contribution in [0.3, 0.4) is 0 Å². The number of carbonyl (C=O) groups excluding carboxylic acids is 1. The van der Waals surface area contributed by atoms with Gasteiger partial charge < -0.3 is 14.1 Å². The van der Waals surface area contributed by atoms with Crippen LogP contribution in [0.25, 0.3) is 10.6 Å². The van der Waals surface area contributed by atoms with E-state index < -0.39 is 0 Å². The van der Waals surface area contributed by atoms with Crippen LogP contribution in [-0.4, -0.2) is 29.4 Å². The first-order chi connectivity index (χ1) is 12.2. The molecule has 3 rings (SSSR count). The van der Waals surface area contributed by atoms with Crippen LogP contribution in [0.5, 0.6) is 5.75 Å². The van der Waals surface area contributed by atoms with Crippen molar-refractivity contribution in [1.82, 2.24) is 9.88 Å². The topological polar surface area (TPSA) is 55.6 Å². The minimum absolute atomic E-state index is 0.134. The molecule has 0 N–H and O–H groups in total. The van der Waals surface area contributed by atoms with Gasteiger partial charge in [-0.1, -0.05) is 12.7 Å².